The van der Waals surface area contributed by atoms with Crippen molar-refractivity contribution in [3.8, 4) is 0 Å². The third-order valence-corrected chi connectivity index (χ3v) is 9.65. The van der Waals surface area contributed by atoms with E-state index >= 15 is 0 Å². The summed E-state index contributed by atoms with van der Waals surface area (Å²) in [6.45, 7) is 0. The second-order valence-electron chi connectivity index (χ2n) is 3.79. The first-order valence-corrected chi connectivity index (χ1v) is 8.36. The molecular formula is C8H14BrOP. The SMILES string of the molecule is O=P1(Br)C2CCCCC1CC2. The van der Waals surface area contributed by atoms with Gasteiger partial charge in [0.25, 0.3) is 0 Å². The lowest BCUT2D eigenvalue weighted by Gasteiger charge is -2.14. The van der Waals surface area contributed by atoms with Crippen LogP contribution in [0.5, 0.6) is 0 Å². The average Bonchev–Trinajstić information content (AvgIpc) is 2.00. The third kappa shape index (κ3) is 1.33. The van der Waals surface area contributed by atoms with Gasteiger partial charge in [0.2, 0.25) is 0 Å². The highest BCUT2D eigenvalue weighted by molar-refractivity contribution is 9.40. The summed E-state index contributed by atoms with van der Waals surface area (Å²) in [5, 5.41) is 0. The number of fused-ring (bicyclic) bond motifs is 2. The fraction of sp³-hybridized carbons (Fsp3) is 1.00. The topological polar surface area (TPSA) is 17.1 Å². The molecule has 0 N–H and O–H groups in total. The number of hydrogen-bond acceptors (Lipinski definition) is 1. The van der Waals surface area contributed by atoms with Crippen molar-refractivity contribution in [2.24, 2.45) is 0 Å². The molecule has 0 aromatic carbocycles. The second-order valence-corrected chi connectivity index (χ2v) is 9.83. The maximum Gasteiger partial charge on any atom is 0.153 e. The van der Waals surface area contributed by atoms with Gasteiger partial charge >= 0.3 is 0 Å². The highest BCUT2D eigenvalue weighted by Gasteiger charge is 2.44. The molecule has 64 valence electrons. The lowest BCUT2D eigenvalue weighted by Crippen LogP contribution is -1.98. The van der Waals surface area contributed by atoms with E-state index in [0.29, 0.717) is 11.3 Å². The largest absolute Gasteiger partial charge is 0.311 e. The molecule has 2 aliphatic heterocycles. The first-order chi connectivity index (χ1) is 5.21. The molecule has 2 bridgehead atoms. The normalized spacial score (nSPS) is 50.6. The van der Waals surface area contributed by atoms with Crippen molar-refractivity contribution < 1.29 is 4.57 Å². The zero-order valence-electron chi connectivity index (χ0n) is 6.63. The van der Waals surface area contributed by atoms with E-state index in [1.807, 2.05) is 0 Å². The maximum atomic E-state index is 12.1. The highest BCUT2D eigenvalue weighted by Crippen LogP contribution is 2.72. The molecule has 3 heteroatoms. The Morgan fingerprint density at radius 2 is 1.45 bits per heavy atom. The Hall–Kier alpha value is 0.710. The molecular weight excluding hydrogens is 223 g/mol. The summed E-state index contributed by atoms with van der Waals surface area (Å²) in [4.78, 5) is 0. The summed E-state index contributed by atoms with van der Waals surface area (Å²) < 4.78 is 12.1. The molecule has 2 rings (SSSR count). The summed E-state index contributed by atoms with van der Waals surface area (Å²) in [5.74, 6) is -1.89. The molecule has 2 atom stereocenters. The van der Waals surface area contributed by atoms with E-state index in [0.717, 1.165) is 0 Å². The Kier molecular flexibility index (Phi) is 2.18. The smallest absolute Gasteiger partial charge is 0.153 e. The molecule has 2 unspecified atom stereocenters. The lowest BCUT2D eigenvalue weighted by molar-refractivity contribution is 0.556. The second kappa shape index (κ2) is 2.88. The molecule has 0 aromatic heterocycles. The van der Waals surface area contributed by atoms with Gasteiger partial charge in [0.15, 0.2) is 5.84 Å². The Morgan fingerprint density at radius 3 is 1.91 bits per heavy atom. The fourth-order valence-corrected chi connectivity index (χ4v) is 7.56. The molecule has 2 saturated heterocycles. The van der Waals surface area contributed by atoms with Gasteiger partial charge in [0, 0.05) is 11.3 Å². The summed E-state index contributed by atoms with van der Waals surface area (Å²) in [5.41, 5.74) is 1.07. The summed E-state index contributed by atoms with van der Waals surface area (Å²) in [6, 6.07) is 0. The molecule has 0 radical (unpaired) electrons. The van der Waals surface area contributed by atoms with Crippen LogP contribution in [-0.2, 0) is 4.57 Å². The third-order valence-electron chi connectivity index (χ3n) is 3.15. The van der Waals surface area contributed by atoms with Gasteiger partial charge in [0.05, 0.1) is 0 Å². The molecule has 11 heavy (non-hydrogen) atoms. The van der Waals surface area contributed by atoms with Gasteiger partial charge in [-0.25, -0.2) is 0 Å². The maximum absolute atomic E-state index is 12.1. The highest BCUT2D eigenvalue weighted by atomic mass is 79.9. The quantitative estimate of drug-likeness (QED) is 0.586. The van der Waals surface area contributed by atoms with Crippen molar-refractivity contribution in [1.82, 2.24) is 0 Å². The Bertz CT molecular complexity index is 186. The molecule has 0 aliphatic carbocycles. The van der Waals surface area contributed by atoms with Crippen LogP contribution in [0, 0.1) is 0 Å². The average molecular weight is 237 g/mol. The minimum atomic E-state index is -1.89. The summed E-state index contributed by atoms with van der Waals surface area (Å²) >= 11 is 3.49. The Labute approximate surface area is 76.1 Å². The van der Waals surface area contributed by atoms with Gasteiger partial charge < -0.3 is 4.57 Å². The Morgan fingerprint density at radius 1 is 1.00 bits per heavy atom. The van der Waals surface area contributed by atoms with Crippen molar-refractivity contribution in [2.75, 3.05) is 0 Å². The van der Waals surface area contributed by atoms with E-state index in [-0.39, 0.29) is 0 Å². The van der Waals surface area contributed by atoms with Gasteiger partial charge in [-0.3, -0.25) is 0 Å². The van der Waals surface area contributed by atoms with Crippen LogP contribution in [0.3, 0.4) is 0 Å². The van der Waals surface area contributed by atoms with Gasteiger partial charge in [-0.15, -0.1) is 0 Å². The first kappa shape index (κ1) is 8.31. The van der Waals surface area contributed by atoms with E-state index in [1.54, 1.807) is 0 Å². The summed E-state index contributed by atoms with van der Waals surface area (Å²) in [6.07, 6.45) is 7.45. The molecule has 1 nitrogen and oxygen atoms in total. The molecule has 0 spiro atoms. The van der Waals surface area contributed by atoms with Crippen LogP contribution in [0.15, 0.2) is 0 Å². The van der Waals surface area contributed by atoms with E-state index in [1.165, 1.54) is 38.5 Å². The minimum absolute atomic E-state index is 0.537. The van der Waals surface area contributed by atoms with Gasteiger partial charge in [-0.05, 0) is 41.2 Å². The van der Waals surface area contributed by atoms with Gasteiger partial charge in [-0.2, -0.15) is 0 Å². The Balaban J connectivity index is 2.26. The number of rotatable bonds is 0. The number of halogens is 1. The van der Waals surface area contributed by atoms with Crippen LogP contribution in [0.2, 0.25) is 0 Å². The van der Waals surface area contributed by atoms with E-state index < -0.39 is 5.84 Å². The molecule has 0 saturated carbocycles. The first-order valence-electron chi connectivity index (χ1n) is 4.50. The summed E-state index contributed by atoms with van der Waals surface area (Å²) in [7, 11) is 0. The van der Waals surface area contributed by atoms with Crippen LogP contribution >= 0.6 is 21.3 Å². The zero-order chi connectivity index (χ0) is 7.90. The van der Waals surface area contributed by atoms with Crippen LogP contribution < -0.4 is 0 Å². The van der Waals surface area contributed by atoms with Crippen molar-refractivity contribution in [3.05, 3.63) is 0 Å². The molecule has 2 fully saturated rings. The molecule has 2 heterocycles. The van der Waals surface area contributed by atoms with Gasteiger partial charge in [-0.1, -0.05) is 12.8 Å². The lowest BCUT2D eigenvalue weighted by atomic mass is 10.0. The predicted molar refractivity (Wildman–Crippen MR) is 51.8 cm³/mol. The van der Waals surface area contributed by atoms with E-state index in [9.17, 15) is 4.57 Å². The number of hydrogen-bond donors (Lipinski definition) is 0. The monoisotopic (exact) mass is 236 g/mol. The molecule has 0 aromatic rings. The van der Waals surface area contributed by atoms with E-state index in [4.69, 9.17) is 0 Å². The van der Waals surface area contributed by atoms with Crippen molar-refractivity contribution in [3.63, 3.8) is 0 Å². The van der Waals surface area contributed by atoms with E-state index in [2.05, 4.69) is 15.5 Å². The van der Waals surface area contributed by atoms with Crippen LogP contribution in [0.1, 0.15) is 38.5 Å². The molecule has 0 amide bonds. The van der Waals surface area contributed by atoms with Gasteiger partial charge in [0.1, 0.15) is 0 Å². The van der Waals surface area contributed by atoms with Crippen LogP contribution in [-0.4, -0.2) is 11.3 Å². The molecule has 2 aliphatic rings. The van der Waals surface area contributed by atoms with Crippen molar-refractivity contribution >= 4 is 21.3 Å². The van der Waals surface area contributed by atoms with Crippen LogP contribution in [0.25, 0.3) is 0 Å². The fourth-order valence-electron chi connectivity index (χ4n) is 2.44. The predicted octanol–water partition coefficient (Wildman–Crippen LogP) is 3.76. The standard InChI is InChI=1S/C8H14BrOP/c9-11(10)7-3-1-2-4-8(11)6-5-7/h7-8H,1-6H2. The van der Waals surface area contributed by atoms with Crippen LogP contribution in [0.4, 0.5) is 0 Å². The minimum Gasteiger partial charge on any atom is -0.311 e. The van der Waals surface area contributed by atoms with Crippen molar-refractivity contribution in [1.29, 1.82) is 0 Å². The zero-order valence-corrected chi connectivity index (χ0v) is 9.11. The van der Waals surface area contributed by atoms with Crippen molar-refractivity contribution in [2.45, 2.75) is 49.8 Å².